The average Bonchev–Trinajstić information content (AvgIpc) is 2.93. The number of nitrogens with two attached hydrogens (primary N) is 1. The summed E-state index contributed by atoms with van der Waals surface area (Å²) >= 11 is 0. The van der Waals surface area contributed by atoms with Gasteiger partial charge in [0.2, 0.25) is 11.8 Å². The lowest BCUT2D eigenvalue weighted by molar-refractivity contribution is -0.133. The number of carbonyl (C=O) groups excluding carboxylic acids is 3. The van der Waals surface area contributed by atoms with Gasteiger partial charge in [0.25, 0.3) is 10.0 Å². The lowest BCUT2D eigenvalue weighted by atomic mass is 9.87. The number of sulfonamides is 1. The molecule has 0 aromatic heterocycles. The maximum absolute atomic E-state index is 15.6. The van der Waals surface area contributed by atoms with Crippen molar-refractivity contribution in [3.8, 4) is 0 Å². The van der Waals surface area contributed by atoms with Crippen molar-refractivity contribution >= 4 is 33.6 Å². The third-order valence-corrected chi connectivity index (χ3v) is 10.2. The van der Waals surface area contributed by atoms with E-state index in [1.165, 1.54) is 30.5 Å². The maximum Gasteiger partial charge on any atom is 0.414 e. The summed E-state index contributed by atoms with van der Waals surface area (Å²) in [6, 6.07) is 3.07. The fourth-order valence-electron chi connectivity index (χ4n) is 5.48. The number of aryl methyl sites for hydroxylation is 2. The fraction of sp³-hybridized carbons (Fsp3) is 0.719. The van der Waals surface area contributed by atoms with E-state index < -0.39 is 57.9 Å². The molecule has 1 aliphatic rings. The number of alkyl halides is 2. The molecule has 1 heterocycles. The molecule has 10 nitrogen and oxygen atoms in total. The second kappa shape index (κ2) is 15.7. The van der Waals surface area contributed by atoms with Gasteiger partial charge in [0.05, 0.1) is 6.42 Å². The SMILES string of the molecule is CCCCCCCCCC(=O)NC1(C(N)=O)CCN(S(=O)(=O)C(F)(F)Cc2c(C)cc(N(C)C(=O)OC(C)(C)C)cc2C)CC1. The van der Waals surface area contributed by atoms with Crippen LogP contribution in [0.5, 0.6) is 0 Å². The van der Waals surface area contributed by atoms with Gasteiger partial charge in [-0.3, -0.25) is 14.5 Å². The zero-order valence-electron chi connectivity index (χ0n) is 27.9. The van der Waals surface area contributed by atoms with Gasteiger partial charge in [-0.25, -0.2) is 13.2 Å². The summed E-state index contributed by atoms with van der Waals surface area (Å²) in [5.41, 5.74) is 4.76. The number of hydrogen-bond donors (Lipinski definition) is 2. The standard InChI is InChI=1S/C32H52F2N4O6S/c1-8-9-10-11-12-13-14-15-27(39)36-31(28(35)40)16-18-38(19-17-31)45(42,43)32(33,34)22-26-23(2)20-25(21-24(26)3)37(7)29(41)44-30(4,5)6/h20-21H,8-19,22H2,1-7H3,(H2,35,40)(H,36,39). The van der Waals surface area contributed by atoms with E-state index in [0.29, 0.717) is 27.5 Å². The highest BCUT2D eigenvalue weighted by molar-refractivity contribution is 7.90. The highest BCUT2D eigenvalue weighted by Gasteiger charge is 2.52. The van der Waals surface area contributed by atoms with Gasteiger partial charge in [-0.1, -0.05) is 45.4 Å². The Morgan fingerprint density at radius 3 is 2.00 bits per heavy atom. The summed E-state index contributed by atoms with van der Waals surface area (Å²) in [5, 5.41) is -1.47. The summed E-state index contributed by atoms with van der Waals surface area (Å²) in [7, 11) is -3.63. The number of amides is 3. The summed E-state index contributed by atoms with van der Waals surface area (Å²) in [5.74, 6) is -1.18. The molecule has 0 radical (unpaired) electrons. The molecule has 1 fully saturated rings. The van der Waals surface area contributed by atoms with Gasteiger partial charge in [0, 0.05) is 32.2 Å². The largest absolute Gasteiger partial charge is 0.443 e. The average molecular weight is 659 g/mol. The molecule has 0 unspecified atom stereocenters. The number of ether oxygens (including phenoxy) is 1. The van der Waals surface area contributed by atoms with Crippen LogP contribution in [0.1, 0.15) is 109 Å². The minimum Gasteiger partial charge on any atom is -0.443 e. The zero-order valence-corrected chi connectivity index (χ0v) is 28.7. The van der Waals surface area contributed by atoms with Gasteiger partial charge in [-0.05, 0) is 82.7 Å². The molecule has 3 amide bonds. The van der Waals surface area contributed by atoms with E-state index in [4.69, 9.17) is 10.5 Å². The van der Waals surface area contributed by atoms with Crippen molar-refractivity contribution < 1.29 is 36.3 Å². The van der Waals surface area contributed by atoms with Crippen LogP contribution in [0.25, 0.3) is 0 Å². The quantitative estimate of drug-likeness (QED) is 0.231. The second-order valence-corrected chi connectivity index (χ2v) is 15.2. The van der Waals surface area contributed by atoms with Gasteiger partial charge in [-0.15, -0.1) is 0 Å². The highest BCUT2D eigenvalue weighted by Crippen LogP contribution is 2.36. The Morgan fingerprint density at radius 2 is 1.51 bits per heavy atom. The Morgan fingerprint density at radius 1 is 1.00 bits per heavy atom. The van der Waals surface area contributed by atoms with Crippen LogP contribution in [-0.4, -0.2) is 67.2 Å². The van der Waals surface area contributed by atoms with Gasteiger partial charge >= 0.3 is 11.3 Å². The number of nitrogens with one attached hydrogen (secondary N) is 1. The number of nitrogens with zero attached hydrogens (tertiary/aromatic N) is 2. The number of halogens is 2. The van der Waals surface area contributed by atoms with Crippen LogP contribution in [0.3, 0.4) is 0 Å². The van der Waals surface area contributed by atoms with E-state index in [2.05, 4.69) is 12.2 Å². The molecule has 3 N–H and O–H groups in total. The normalized spacial score (nSPS) is 15.8. The first-order valence-corrected chi connectivity index (χ1v) is 17.3. The van der Waals surface area contributed by atoms with Gasteiger partial charge < -0.3 is 15.8 Å². The molecule has 1 aliphatic heterocycles. The summed E-state index contributed by atoms with van der Waals surface area (Å²) < 4.78 is 63.6. The maximum atomic E-state index is 15.6. The van der Waals surface area contributed by atoms with Gasteiger partial charge in [0.15, 0.2) is 0 Å². The number of carbonyl (C=O) groups is 3. The molecule has 0 atom stereocenters. The molecule has 256 valence electrons. The smallest absolute Gasteiger partial charge is 0.414 e. The van der Waals surface area contributed by atoms with Crippen LogP contribution in [0.4, 0.5) is 19.3 Å². The Kier molecular flexibility index (Phi) is 13.4. The molecule has 0 saturated carbocycles. The predicted molar refractivity (Wildman–Crippen MR) is 172 cm³/mol. The van der Waals surface area contributed by atoms with Crippen LogP contribution < -0.4 is 16.0 Å². The minimum atomic E-state index is -5.13. The lowest BCUT2D eigenvalue weighted by Crippen LogP contribution is -2.63. The monoisotopic (exact) mass is 658 g/mol. The van der Waals surface area contributed by atoms with Crippen molar-refractivity contribution in [1.29, 1.82) is 0 Å². The van der Waals surface area contributed by atoms with Gasteiger partial charge in [0.1, 0.15) is 11.1 Å². The second-order valence-electron chi connectivity index (χ2n) is 13.2. The van der Waals surface area contributed by atoms with Crippen LogP contribution in [-0.2, 0) is 30.8 Å². The summed E-state index contributed by atoms with van der Waals surface area (Å²) in [6.07, 6.45) is 5.24. The highest BCUT2D eigenvalue weighted by atomic mass is 32.2. The fourth-order valence-corrected chi connectivity index (χ4v) is 6.85. The molecule has 45 heavy (non-hydrogen) atoms. The molecule has 2 rings (SSSR count). The molecule has 0 aliphatic carbocycles. The van der Waals surface area contributed by atoms with E-state index in [9.17, 15) is 22.8 Å². The van der Waals surface area contributed by atoms with Crippen LogP contribution in [0.15, 0.2) is 12.1 Å². The molecular weight excluding hydrogens is 606 g/mol. The number of primary amides is 1. The Hall–Kier alpha value is -2.80. The summed E-state index contributed by atoms with van der Waals surface area (Å²) in [4.78, 5) is 38.8. The van der Waals surface area contributed by atoms with E-state index in [-0.39, 0.29) is 30.7 Å². The third-order valence-electron chi connectivity index (χ3n) is 8.27. The van der Waals surface area contributed by atoms with E-state index in [0.717, 1.165) is 32.1 Å². The zero-order chi connectivity index (χ0) is 34.2. The Bertz CT molecular complexity index is 1280. The van der Waals surface area contributed by atoms with Crippen molar-refractivity contribution in [2.24, 2.45) is 5.73 Å². The number of anilines is 1. The lowest BCUT2D eigenvalue weighted by Gasteiger charge is -2.40. The molecule has 1 aromatic carbocycles. The molecule has 0 bridgehead atoms. The number of unbranched alkanes of at least 4 members (excludes halogenated alkanes) is 6. The van der Waals surface area contributed by atoms with Crippen LogP contribution in [0.2, 0.25) is 0 Å². The number of rotatable bonds is 15. The van der Waals surface area contributed by atoms with Gasteiger partial charge in [-0.2, -0.15) is 13.1 Å². The molecular formula is C32H52F2N4O6S. The molecule has 1 saturated heterocycles. The van der Waals surface area contributed by atoms with Crippen molar-refractivity contribution in [3.63, 3.8) is 0 Å². The van der Waals surface area contributed by atoms with Crippen molar-refractivity contribution in [1.82, 2.24) is 9.62 Å². The third kappa shape index (κ3) is 10.4. The van der Waals surface area contributed by atoms with Crippen molar-refractivity contribution in [2.75, 3.05) is 25.0 Å². The number of hydrogen-bond acceptors (Lipinski definition) is 6. The van der Waals surface area contributed by atoms with E-state index in [1.54, 1.807) is 34.6 Å². The number of piperidine rings is 1. The predicted octanol–water partition coefficient (Wildman–Crippen LogP) is 5.72. The van der Waals surface area contributed by atoms with E-state index in [1.807, 2.05) is 0 Å². The molecule has 1 aromatic rings. The van der Waals surface area contributed by atoms with E-state index >= 15 is 8.78 Å². The van der Waals surface area contributed by atoms with Crippen molar-refractivity contribution in [2.45, 2.75) is 129 Å². The molecule has 0 spiro atoms. The molecule has 13 heteroatoms. The van der Waals surface area contributed by atoms with Crippen LogP contribution in [0, 0.1) is 13.8 Å². The van der Waals surface area contributed by atoms with Crippen molar-refractivity contribution in [3.05, 3.63) is 28.8 Å². The Balaban J connectivity index is 2.08. The minimum absolute atomic E-state index is 0.144. The number of benzene rings is 1. The first kappa shape index (κ1) is 38.4. The van der Waals surface area contributed by atoms with Crippen LogP contribution >= 0.6 is 0 Å². The summed E-state index contributed by atoms with van der Waals surface area (Å²) in [6.45, 7) is 9.69. The first-order chi connectivity index (χ1) is 20.8. The topological polar surface area (TPSA) is 139 Å². The first-order valence-electron chi connectivity index (χ1n) is 15.8. The Labute approximate surface area is 267 Å².